The lowest BCUT2D eigenvalue weighted by molar-refractivity contribution is 0.288. The Labute approximate surface area is 98.9 Å². The number of nitrogens with one attached hydrogen (secondary N) is 1. The summed E-state index contributed by atoms with van der Waals surface area (Å²) in [5.41, 5.74) is 3.14. The third-order valence-electron chi connectivity index (χ3n) is 2.90. The van der Waals surface area contributed by atoms with Gasteiger partial charge in [0.1, 0.15) is 11.8 Å². The maximum absolute atomic E-state index is 8.73. The summed E-state index contributed by atoms with van der Waals surface area (Å²) < 4.78 is 5.56. The average molecular weight is 225 g/mol. The average Bonchev–Trinajstić information content (AvgIpc) is 2.87. The van der Waals surface area contributed by atoms with E-state index in [1.54, 1.807) is 6.20 Å². The van der Waals surface area contributed by atoms with E-state index in [2.05, 4.69) is 16.0 Å². The molecular formula is C13H11N3O. The molecule has 3 rings (SSSR count). The Morgan fingerprint density at radius 2 is 2.35 bits per heavy atom. The standard InChI is InChI=1S/C13H11N3O/c14-7-13-15-8-11(16-13)9-3-4-12-10(6-9)2-1-5-17-12/h3-4,6,8H,1-2,5H2,(H,15,16). The van der Waals surface area contributed by atoms with Gasteiger partial charge in [0.15, 0.2) is 0 Å². The van der Waals surface area contributed by atoms with Crippen LogP contribution in [-0.2, 0) is 6.42 Å². The minimum absolute atomic E-state index is 0.342. The number of fused-ring (bicyclic) bond motifs is 1. The quantitative estimate of drug-likeness (QED) is 0.809. The number of imidazole rings is 1. The molecule has 4 heteroatoms. The van der Waals surface area contributed by atoms with Crippen molar-refractivity contribution in [3.8, 4) is 23.1 Å². The highest BCUT2D eigenvalue weighted by Crippen LogP contribution is 2.29. The van der Waals surface area contributed by atoms with Gasteiger partial charge >= 0.3 is 0 Å². The maximum Gasteiger partial charge on any atom is 0.210 e. The fraction of sp³-hybridized carbons (Fsp3) is 0.231. The molecule has 0 unspecified atom stereocenters. The highest BCUT2D eigenvalue weighted by Gasteiger charge is 2.12. The summed E-state index contributed by atoms with van der Waals surface area (Å²) in [4.78, 5) is 6.95. The van der Waals surface area contributed by atoms with E-state index in [0.29, 0.717) is 5.82 Å². The van der Waals surface area contributed by atoms with Crippen molar-refractivity contribution in [3.63, 3.8) is 0 Å². The second kappa shape index (κ2) is 3.95. The molecule has 0 aliphatic carbocycles. The van der Waals surface area contributed by atoms with Gasteiger partial charge in [-0.2, -0.15) is 5.26 Å². The number of ether oxygens (including phenoxy) is 1. The first-order valence-electron chi connectivity index (χ1n) is 5.58. The Bertz CT molecular complexity index is 595. The number of rotatable bonds is 1. The molecule has 0 spiro atoms. The van der Waals surface area contributed by atoms with Crippen molar-refractivity contribution < 1.29 is 4.74 Å². The van der Waals surface area contributed by atoms with Gasteiger partial charge in [-0.3, -0.25) is 0 Å². The first kappa shape index (κ1) is 9.91. The van der Waals surface area contributed by atoms with Crippen LogP contribution >= 0.6 is 0 Å². The monoisotopic (exact) mass is 225 g/mol. The number of H-pyrrole nitrogens is 1. The minimum Gasteiger partial charge on any atom is -0.493 e. The number of aromatic amines is 1. The number of nitrogens with zero attached hydrogens (tertiary/aromatic N) is 2. The molecule has 1 aromatic heterocycles. The van der Waals surface area contributed by atoms with E-state index in [-0.39, 0.29) is 0 Å². The van der Waals surface area contributed by atoms with Gasteiger partial charge in [-0.1, -0.05) is 0 Å². The Morgan fingerprint density at radius 3 is 3.18 bits per heavy atom. The number of aryl methyl sites for hydroxylation is 1. The van der Waals surface area contributed by atoms with E-state index < -0.39 is 0 Å². The smallest absolute Gasteiger partial charge is 0.210 e. The van der Waals surface area contributed by atoms with Crippen LogP contribution in [0.25, 0.3) is 11.3 Å². The van der Waals surface area contributed by atoms with Crippen molar-refractivity contribution in [2.75, 3.05) is 6.61 Å². The predicted molar refractivity (Wildman–Crippen MR) is 62.6 cm³/mol. The molecule has 1 N–H and O–H groups in total. The van der Waals surface area contributed by atoms with Crippen molar-refractivity contribution >= 4 is 0 Å². The van der Waals surface area contributed by atoms with Gasteiger partial charge in [0, 0.05) is 5.56 Å². The zero-order valence-corrected chi connectivity index (χ0v) is 9.23. The van der Waals surface area contributed by atoms with E-state index in [1.807, 2.05) is 18.2 Å². The molecule has 1 aliphatic heterocycles. The second-order valence-corrected chi connectivity index (χ2v) is 4.03. The molecule has 0 radical (unpaired) electrons. The van der Waals surface area contributed by atoms with Crippen LogP contribution in [0.1, 0.15) is 17.8 Å². The molecule has 0 fully saturated rings. The van der Waals surface area contributed by atoms with Gasteiger partial charge in [-0.25, -0.2) is 4.98 Å². The van der Waals surface area contributed by atoms with E-state index in [4.69, 9.17) is 10.00 Å². The van der Waals surface area contributed by atoms with Crippen molar-refractivity contribution in [3.05, 3.63) is 35.8 Å². The fourth-order valence-corrected chi connectivity index (χ4v) is 2.05. The van der Waals surface area contributed by atoms with E-state index in [0.717, 1.165) is 36.5 Å². The largest absolute Gasteiger partial charge is 0.493 e. The topological polar surface area (TPSA) is 61.7 Å². The zero-order valence-electron chi connectivity index (χ0n) is 9.23. The molecule has 0 amide bonds. The Kier molecular flexibility index (Phi) is 2.30. The molecule has 0 atom stereocenters. The molecule has 4 nitrogen and oxygen atoms in total. The van der Waals surface area contributed by atoms with Crippen molar-refractivity contribution in [1.29, 1.82) is 5.26 Å². The van der Waals surface area contributed by atoms with Gasteiger partial charge in [-0.15, -0.1) is 0 Å². The third-order valence-corrected chi connectivity index (χ3v) is 2.90. The maximum atomic E-state index is 8.73. The molecule has 84 valence electrons. The Balaban J connectivity index is 2.01. The Morgan fingerprint density at radius 1 is 1.41 bits per heavy atom. The fourth-order valence-electron chi connectivity index (χ4n) is 2.05. The molecule has 17 heavy (non-hydrogen) atoms. The van der Waals surface area contributed by atoms with Gasteiger partial charge in [0.25, 0.3) is 0 Å². The van der Waals surface area contributed by atoms with Crippen LogP contribution in [0, 0.1) is 11.3 Å². The van der Waals surface area contributed by atoms with Crippen LogP contribution in [0.4, 0.5) is 0 Å². The predicted octanol–water partition coefficient (Wildman–Crippen LogP) is 2.27. The number of hydrogen-bond acceptors (Lipinski definition) is 3. The molecule has 0 saturated heterocycles. The summed E-state index contributed by atoms with van der Waals surface area (Å²) in [7, 11) is 0. The van der Waals surface area contributed by atoms with Crippen LogP contribution < -0.4 is 4.74 Å². The van der Waals surface area contributed by atoms with Crippen molar-refractivity contribution in [2.24, 2.45) is 0 Å². The van der Waals surface area contributed by atoms with Crippen LogP contribution in [0.2, 0.25) is 0 Å². The van der Waals surface area contributed by atoms with Crippen LogP contribution in [0.3, 0.4) is 0 Å². The summed E-state index contributed by atoms with van der Waals surface area (Å²) in [6, 6.07) is 8.06. The first-order valence-corrected chi connectivity index (χ1v) is 5.58. The normalized spacial score (nSPS) is 13.6. The van der Waals surface area contributed by atoms with Crippen LogP contribution in [0.15, 0.2) is 24.4 Å². The molecule has 1 aliphatic rings. The third kappa shape index (κ3) is 1.76. The van der Waals surface area contributed by atoms with Crippen LogP contribution in [-0.4, -0.2) is 16.6 Å². The number of nitriles is 1. The first-order chi connectivity index (χ1) is 8.36. The summed E-state index contributed by atoms with van der Waals surface area (Å²) >= 11 is 0. The van der Waals surface area contributed by atoms with Crippen molar-refractivity contribution in [1.82, 2.24) is 9.97 Å². The number of hydrogen-bond donors (Lipinski definition) is 1. The molecule has 2 aromatic rings. The molecule has 2 heterocycles. The van der Waals surface area contributed by atoms with Gasteiger partial charge < -0.3 is 9.72 Å². The lowest BCUT2D eigenvalue weighted by Crippen LogP contribution is -2.08. The van der Waals surface area contributed by atoms with Gasteiger partial charge in [0.05, 0.1) is 18.5 Å². The number of benzene rings is 1. The lowest BCUT2D eigenvalue weighted by atomic mass is 10.0. The van der Waals surface area contributed by atoms with Gasteiger partial charge in [0.2, 0.25) is 5.82 Å². The van der Waals surface area contributed by atoms with Crippen molar-refractivity contribution in [2.45, 2.75) is 12.8 Å². The number of aromatic nitrogens is 2. The lowest BCUT2D eigenvalue weighted by Gasteiger charge is -2.17. The second-order valence-electron chi connectivity index (χ2n) is 4.03. The van der Waals surface area contributed by atoms with Gasteiger partial charge in [-0.05, 0) is 36.6 Å². The molecular weight excluding hydrogens is 214 g/mol. The van der Waals surface area contributed by atoms with Crippen LogP contribution in [0.5, 0.6) is 5.75 Å². The summed E-state index contributed by atoms with van der Waals surface area (Å²) in [5.74, 6) is 1.31. The summed E-state index contributed by atoms with van der Waals surface area (Å²) in [6.45, 7) is 0.801. The zero-order chi connectivity index (χ0) is 11.7. The summed E-state index contributed by atoms with van der Waals surface area (Å²) in [6.07, 6.45) is 3.79. The highest BCUT2D eigenvalue weighted by atomic mass is 16.5. The summed E-state index contributed by atoms with van der Waals surface area (Å²) in [5, 5.41) is 8.73. The van der Waals surface area contributed by atoms with E-state index >= 15 is 0 Å². The Hall–Kier alpha value is -2.28. The molecule has 0 bridgehead atoms. The minimum atomic E-state index is 0.342. The van der Waals surface area contributed by atoms with E-state index in [9.17, 15) is 0 Å². The molecule has 1 aromatic carbocycles. The highest BCUT2D eigenvalue weighted by molar-refractivity contribution is 5.62. The SMILES string of the molecule is N#Cc1ncc(-c2ccc3c(c2)CCCO3)[nH]1. The molecule has 0 saturated carbocycles. The van der Waals surface area contributed by atoms with E-state index in [1.165, 1.54) is 5.56 Å².